The van der Waals surface area contributed by atoms with E-state index < -0.39 is 0 Å². The van der Waals surface area contributed by atoms with Crippen LogP contribution in [0.15, 0.2) is 42.7 Å². The third-order valence-corrected chi connectivity index (χ3v) is 4.45. The molecule has 0 saturated carbocycles. The van der Waals surface area contributed by atoms with Crippen molar-refractivity contribution in [2.45, 2.75) is 25.5 Å². The lowest BCUT2D eigenvalue weighted by Gasteiger charge is -2.24. The monoisotopic (exact) mass is 323 g/mol. The molecule has 1 aliphatic heterocycles. The zero-order valence-electron chi connectivity index (χ0n) is 13.4. The van der Waals surface area contributed by atoms with E-state index in [9.17, 15) is 5.11 Å². The summed E-state index contributed by atoms with van der Waals surface area (Å²) in [6.45, 7) is 2.11. The number of nitrogens with zero attached hydrogens (tertiary/aromatic N) is 3. The van der Waals surface area contributed by atoms with Crippen LogP contribution in [0.1, 0.15) is 18.4 Å². The maximum atomic E-state index is 9.36. The maximum Gasteiger partial charge on any atom is 0.137 e. The molecule has 0 bridgehead atoms. The summed E-state index contributed by atoms with van der Waals surface area (Å²) >= 11 is 0. The Hall–Kier alpha value is -2.44. The first-order valence-electron chi connectivity index (χ1n) is 8.35. The van der Waals surface area contributed by atoms with Crippen molar-refractivity contribution >= 4 is 11.5 Å². The SMILES string of the molecule is OCc1ccc2ncc(-c3cccc(NC4CCNCC4)n3)n2c1. The fraction of sp³-hybridized carbons (Fsp3) is 0.333. The highest BCUT2D eigenvalue weighted by Crippen LogP contribution is 2.22. The van der Waals surface area contributed by atoms with Gasteiger partial charge in [0.1, 0.15) is 11.5 Å². The molecule has 1 fully saturated rings. The molecule has 0 unspecified atom stereocenters. The van der Waals surface area contributed by atoms with Crippen LogP contribution >= 0.6 is 0 Å². The zero-order chi connectivity index (χ0) is 16.4. The van der Waals surface area contributed by atoms with E-state index in [2.05, 4.69) is 15.6 Å². The smallest absolute Gasteiger partial charge is 0.137 e. The molecule has 3 aromatic heterocycles. The third-order valence-electron chi connectivity index (χ3n) is 4.45. The molecule has 1 aliphatic rings. The molecular weight excluding hydrogens is 302 g/mol. The van der Waals surface area contributed by atoms with Gasteiger partial charge in [0, 0.05) is 12.2 Å². The molecule has 3 aromatic rings. The van der Waals surface area contributed by atoms with Crippen LogP contribution in [0.3, 0.4) is 0 Å². The number of hydrogen-bond donors (Lipinski definition) is 3. The molecule has 0 atom stereocenters. The lowest BCUT2D eigenvalue weighted by Crippen LogP contribution is -2.35. The van der Waals surface area contributed by atoms with Gasteiger partial charge in [0.05, 0.1) is 24.2 Å². The van der Waals surface area contributed by atoms with Crippen LogP contribution in [0, 0.1) is 0 Å². The van der Waals surface area contributed by atoms with E-state index in [0.717, 1.165) is 54.3 Å². The summed E-state index contributed by atoms with van der Waals surface area (Å²) in [6, 6.07) is 10.3. The minimum Gasteiger partial charge on any atom is -0.392 e. The quantitative estimate of drug-likeness (QED) is 0.685. The minimum atomic E-state index is 0.0122. The van der Waals surface area contributed by atoms with Crippen molar-refractivity contribution in [1.29, 1.82) is 0 Å². The summed E-state index contributed by atoms with van der Waals surface area (Å²) in [4.78, 5) is 9.19. The fourth-order valence-corrected chi connectivity index (χ4v) is 3.14. The van der Waals surface area contributed by atoms with E-state index in [0.29, 0.717) is 6.04 Å². The highest BCUT2D eigenvalue weighted by atomic mass is 16.3. The lowest BCUT2D eigenvalue weighted by atomic mass is 10.1. The Labute approximate surface area is 140 Å². The predicted molar refractivity (Wildman–Crippen MR) is 93.9 cm³/mol. The van der Waals surface area contributed by atoms with Gasteiger partial charge in [0.15, 0.2) is 0 Å². The van der Waals surface area contributed by atoms with Gasteiger partial charge in [-0.15, -0.1) is 0 Å². The Morgan fingerprint density at radius 3 is 2.92 bits per heavy atom. The standard InChI is InChI=1S/C18H21N5O/c24-12-13-4-5-18-20-10-16(23(18)11-13)15-2-1-3-17(22-15)21-14-6-8-19-9-7-14/h1-5,10-11,14,19,24H,6-9,12H2,(H,21,22). The molecule has 4 rings (SSSR count). The average Bonchev–Trinajstić information content (AvgIpc) is 3.06. The number of imidazole rings is 1. The normalized spacial score (nSPS) is 15.7. The molecule has 0 aliphatic carbocycles. The van der Waals surface area contributed by atoms with Gasteiger partial charge >= 0.3 is 0 Å². The van der Waals surface area contributed by atoms with E-state index in [1.165, 1.54) is 0 Å². The van der Waals surface area contributed by atoms with Crippen molar-refractivity contribution in [2.24, 2.45) is 0 Å². The first-order chi connectivity index (χ1) is 11.8. The number of aromatic nitrogens is 3. The number of aliphatic hydroxyl groups is 1. The Bertz CT molecular complexity index is 838. The van der Waals surface area contributed by atoms with Gasteiger partial charge in [-0.3, -0.25) is 4.40 Å². The van der Waals surface area contributed by atoms with Gasteiger partial charge < -0.3 is 15.7 Å². The van der Waals surface area contributed by atoms with Crippen molar-refractivity contribution in [3.63, 3.8) is 0 Å². The van der Waals surface area contributed by atoms with E-state index in [-0.39, 0.29) is 6.61 Å². The molecule has 0 aromatic carbocycles. The fourth-order valence-electron chi connectivity index (χ4n) is 3.14. The third kappa shape index (κ3) is 2.98. The molecule has 124 valence electrons. The molecule has 0 amide bonds. The number of rotatable bonds is 4. The number of piperidine rings is 1. The molecule has 0 spiro atoms. The molecule has 1 saturated heterocycles. The second kappa shape index (κ2) is 6.59. The van der Waals surface area contributed by atoms with E-state index >= 15 is 0 Å². The zero-order valence-corrected chi connectivity index (χ0v) is 13.4. The molecule has 3 N–H and O–H groups in total. The van der Waals surface area contributed by atoms with Gasteiger partial charge in [0.2, 0.25) is 0 Å². The molecule has 24 heavy (non-hydrogen) atoms. The number of nitrogens with one attached hydrogen (secondary N) is 2. The first kappa shape index (κ1) is 15.1. The van der Waals surface area contributed by atoms with Gasteiger partial charge in [0.25, 0.3) is 0 Å². The Morgan fingerprint density at radius 1 is 1.21 bits per heavy atom. The minimum absolute atomic E-state index is 0.0122. The van der Waals surface area contributed by atoms with Crippen LogP contribution in [-0.4, -0.2) is 38.6 Å². The molecule has 4 heterocycles. The van der Waals surface area contributed by atoms with Crippen molar-refractivity contribution < 1.29 is 5.11 Å². The van der Waals surface area contributed by atoms with Crippen molar-refractivity contribution in [1.82, 2.24) is 19.7 Å². The van der Waals surface area contributed by atoms with Crippen LogP contribution in [0.5, 0.6) is 0 Å². The number of pyridine rings is 2. The number of aliphatic hydroxyl groups excluding tert-OH is 1. The van der Waals surface area contributed by atoms with Crippen LogP contribution < -0.4 is 10.6 Å². The summed E-state index contributed by atoms with van der Waals surface area (Å²) < 4.78 is 1.97. The van der Waals surface area contributed by atoms with E-state index in [1.54, 1.807) is 0 Å². The second-order valence-corrected chi connectivity index (χ2v) is 6.14. The van der Waals surface area contributed by atoms with Crippen molar-refractivity contribution in [3.8, 4) is 11.4 Å². The van der Waals surface area contributed by atoms with Gasteiger partial charge in [-0.05, 0) is 49.7 Å². The van der Waals surface area contributed by atoms with Crippen LogP contribution in [0.4, 0.5) is 5.82 Å². The van der Waals surface area contributed by atoms with Crippen LogP contribution in [0.2, 0.25) is 0 Å². The van der Waals surface area contributed by atoms with Crippen molar-refractivity contribution in [3.05, 3.63) is 48.3 Å². The van der Waals surface area contributed by atoms with Gasteiger partial charge in [-0.25, -0.2) is 9.97 Å². The largest absolute Gasteiger partial charge is 0.392 e. The molecule has 6 heteroatoms. The summed E-state index contributed by atoms with van der Waals surface area (Å²) in [6.07, 6.45) is 5.96. The molecule has 6 nitrogen and oxygen atoms in total. The Balaban J connectivity index is 1.65. The van der Waals surface area contributed by atoms with Crippen LogP contribution in [-0.2, 0) is 6.61 Å². The number of hydrogen-bond acceptors (Lipinski definition) is 5. The van der Waals surface area contributed by atoms with Gasteiger partial charge in [-0.2, -0.15) is 0 Å². The molecule has 0 radical (unpaired) electrons. The number of anilines is 1. The van der Waals surface area contributed by atoms with Crippen molar-refractivity contribution in [2.75, 3.05) is 18.4 Å². The number of fused-ring (bicyclic) bond motifs is 1. The first-order valence-corrected chi connectivity index (χ1v) is 8.35. The Kier molecular flexibility index (Phi) is 4.15. The summed E-state index contributed by atoms with van der Waals surface area (Å²) in [5.41, 5.74) is 3.50. The highest BCUT2D eigenvalue weighted by Gasteiger charge is 2.14. The topological polar surface area (TPSA) is 74.5 Å². The summed E-state index contributed by atoms with van der Waals surface area (Å²) in [5, 5.41) is 16.3. The van der Waals surface area contributed by atoms with E-state index in [1.807, 2.05) is 47.1 Å². The summed E-state index contributed by atoms with van der Waals surface area (Å²) in [5.74, 6) is 0.896. The maximum absolute atomic E-state index is 9.36. The highest BCUT2D eigenvalue weighted by molar-refractivity contribution is 5.62. The average molecular weight is 323 g/mol. The lowest BCUT2D eigenvalue weighted by molar-refractivity contribution is 0.281. The summed E-state index contributed by atoms with van der Waals surface area (Å²) in [7, 11) is 0. The second-order valence-electron chi connectivity index (χ2n) is 6.14. The Morgan fingerprint density at radius 2 is 2.08 bits per heavy atom. The molecular formula is C18H21N5O. The predicted octanol–water partition coefficient (Wildman–Crippen LogP) is 2.05. The van der Waals surface area contributed by atoms with Crippen LogP contribution in [0.25, 0.3) is 17.0 Å². The van der Waals surface area contributed by atoms with Gasteiger partial charge in [-0.1, -0.05) is 12.1 Å². The van der Waals surface area contributed by atoms with E-state index in [4.69, 9.17) is 4.98 Å².